The molecule has 10 heteroatoms. The van der Waals surface area contributed by atoms with Gasteiger partial charge in [0, 0.05) is 22.5 Å². The molecule has 3 unspecified atom stereocenters. The van der Waals surface area contributed by atoms with E-state index in [4.69, 9.17) is 15.2 Å². The van der Waals surface area contributed by atoms with Gasteiger partial charge in [-0.15, -0.1) is 0 Å². The molecular formula is C27H33N3O6S. The molecule has 3 N–H and O–H groups in total. The van der Waals surface area contributed by atoms with Gasteiger partial charge in [-0.25, -0.2) is 0 Å². The van der Waals surface area contributed by atoms with Crippen molar-refractivity contribution < 1.29 is 28.1 Å². The first-order valence-corrected chi connectivity index (χ1v) is 13.8. The van der Waals surface area contributed by atoms with Crippen LogP contribution in [0.5, 0.6) is 11.5 Å². The average Bonchev–Trinajstić information content (AvgIpc) is 3.53. The molecule has 1 aliphatic carbocycles. The fourth-order valence-corrected chi connectivity index (χ4v) is 6.10. The van der Waals surface area contributed by atoms with Crippen molar-refractivity contribution in [2.24, 2.45) is 5.73 Å². The Morgan fingerprint density at radius 1 is 1.08 bits per heavy atom. The van der Waals surface area contributed by atoms with E-state index in [1.807, 2.05) is 32.0 Å². The summed E-state index contributed by atoms with van der Waals surface area (Å²) in [6.07, 6.45) is 3.95. The molecule has 4 rings (SSSR count). The van der Waals surface area contributed by atoms with E-state index in [1.54, 1.807) is 25.1 Å². The molecule has 1 heterocycles. The maximum Gasteiger partial charge on any atom is 0.243 e. The SMILES string of the molecule is Cc1ccc(C)c(N(C(=O)CS(=O)C(C(N)=O)c2ccc3c(c2)OCO3)C(C)C(=O)NC2CCCC2)c1. The van der Waals surface area contributed by atoms with Crippen molar-refractivity contribution in [1.82, 2.24) is 5.32 Å². The van der Waals surface area contributed by atoms with Crippen LogP contribution in [-0.4, -0.2) is 46.6 Å². The summed E-state index contributed by atoms with van der Waals surface area (Å²) >= 11 is 0. The smallest absolute Gasteiger partial charge is 0.243 e. The molecule has 9 nitrogen and oxygen atoms in total. The zero-order valence-corrected chi connectivity index (χ0v) is 22.1. The third-order valence-corrected chi connectivity index (χ3v) is 8.41. The van der Waals surface area contributed by atoms with Crippen LogP contribution >= 0.6 is 0 Å². The zero-order chi connectivity index (χ0) is 26.7. The van der Waals surface area contributed by atoms with Crippen LogP contribution in [0.25, 0.3) is 0 Å². The summed E-state index contributed by atoms with van der Waals surface area (Å²) in [4.78, 5) is 40.7. The van der Waals surface area contributed by atoms with Crippen LogP contribution in [0.2, 0.25) is 0 Å². The van der Waals surface area contributed by atoms with E-state index in [2.05, 4.69) is 5.32 Å². The Kier molecular flexibility index (Phi) is 8.16. The molecular weight excluding hydrogens is 494 g/mol. The third-order valence-electron chi connectivity index (χ3n) is 6.85. The molecule has 0 bridgehead atoms. The van der Waals surface area contributed by atoms with Crippen molar-refractivity contribution in [2.45, 2.75) is 63.8 Å². The van der Waals surface area contributed by atoms with Crippen LogP contribution in [0.3, 0.4) is 0 Å². The summed E-state index contributed by atoms with van der Waals surface area (Å²) in [5.41, 5.74) is 8.28. The zero-order valence-electron chi connectivity index (χ0n) is 21.3. The monoisotopic (exact) mass is 527 g/mol. The molecule has 1 saturated carbocycles. The molecule has 0 spiro atoms. The van der Waals surface area contributed by atoms with Gasteiger partial charge in [0.1, 0.15) is 17.0 Å². The molecule has 37 heavy (non-hydrogen) atoms. The second-order valence-electron chi connectivity index (χ2n) is 9.64. The Bertz CT molecular complexity index is 1230. The lowest BCUT2D eigenvalue weighted by molar-refractivity contribution is -0.125. The van der Waals surface area contributed by atoms with Crippen molar-refractivity contribution in [2.75, 3.05) is 17.4 Å². The van der Waals surface area contributed by atoms with Gasteiger partial charge in [0.2, 0.25) is 24.5 Å². The van der Waals surface area contributed by atoms with Crippen LogP contribution in [0.4, 0.5) is 5.69 Å². The third kappa shape index (κ3) is 5.95. The van der Waals surface area contributed by atoms with Gasteiger partial charge in [0.25, 0.3) is 0 Å². The number of nitrogens with one attached hydrogen (secondary N) is 1. The molecule has 0 radical (unpaired) electrons. The predicted molar refractivity (Wildman–Crippen MR) is 141 cm³/mol. The van der Waals surface area contributed by atoms with Crippen molar-refractivity contribution in [1.29, 1.82) is 0 Å². The van der Waals surface area contributed by atoms with Crippen LogP contribution in [0, 0.1) is 13.8 Å². The number of ether oxygens (including phenoxy) is 2. The van der Waals surface area contributed by atoms with Gasteiger partial charge in [-0.3, -0.25) is 23.5 Å². The maximum atomic E-state index is 13.7. The average molecular weight is 528 g/mol. The van der Waals surface area contributed by atoms with Gasteiger partial charge < -0.3 is 20.5 Å². The molecule has 198 valence electrons. The number of carbonyl (C=O) groups excluding carboxylic acids is 3. The Hall–Kier alpha value is -3.40. The lowest BCUT2D eigenvalue weighted by Gasteiger charge is -2.31. The summed E-state index contributed by atoms with van der Waals surface area (Å²) in [5.74, 6) is -1.19. The first-order chi connectivity index (χ1) is 17.7. The lowest BCUT2D eigenvalue weighted by Crippen LogP contribution is -2.51. The largest absolute Gasteiger partial charge is 0.454 e. The van der Waals surface area contributed by atoms with E-state index in [-0.39, 0.29) is 18.7 Å². The highest BCUT2D eigenvalue weighted by Crippen LogP contribution is 2.35. The number of rotatable bonds is 9. The van der Waals surface area contributed by atoms with Crippen molar-refractivity contribution in [3.63, 3.8) is 0 Å². The summed E-state index contributed by atoms with van der Waals surface area (Å²) in [7, 11) is -2.00. The van der Waals surface area contributed by atoms with E-state index in [0.717, 1.165) is 36.8 Å². The second kappa shape index (κ2) is 11.3. The van der Waals surface area contributed by atoms with Gasteiger partial charge in [0.05, 0.1) is 0 Å². The van der Waals surface area contributed by atoms with E-state index >= 15 is 0 Å². The number of nitrogens with two attached hydrogens (primary N) is 1. The number of fused-ring (bicyclic) bond motifs is 1. The highest BCUT2D eigenvalue weighted by atomic mass is 32.2. The standard InChI is InChI=1S/C27H33N3O6S/c1-16-8-9-17(2)21(12-16)30(18(3)27(33)29-20-6-4-5-7-20)24(31)14-37(34)25(26(28)32)19-10-11-22-23(13-19)36-15-35-22/h8-13,18,20,25H,4-7,14-15H2,1-3H3,(H2,28,32)(H,29,33). The number of hydrogen-bond donors (Lipinski definition) is 2. The molecule has 3 atom stereocenters. The topological polar surface area (TPSA) is 128 Å². The molecule has 2 aromatic rings. The minimum atomic E-state index is -2.00. The molecule has 1 aliphatic heterocycles. The quantitative estimate of drug-likeness (QED) is 0.516. The van der Waals surface area contributed by atoms with Crippen molar-refractivity contribution >= 4 is 34.2 Å². The van der Waals surface area contributed by atoms with E-state index in [0.29, 0.717) is 22.7 Å². The number of amides is 3. The number of hydrogen-bond acceptors (Lipinski definition) is 6. The summed E-state index contributed by atoms with van der Waals surface area (Å²) in [6.45, 7) is 5.46. The van der Waals surface area contributed by atoms with Crippen molar-refractivity contribution in [3.05, 3.63) is 53.1 Å². The van der Waals surface area contributed by atoms with Gasteiger partial charge in [0.15, 0.2) is 11.5 Å². The van der Waals surface area contributed by atoms with Crippen molar-refractivity contribution in [3.8, 4) is 11.5 Å². The van der Waals surface area contributed by atoms with Gasteiger partial charge >= 0.3 is 0 Å². The molecule has 2 aromatic carbocycles. The summed E-state index contributed by atoms with van der Waals surface area (Å²) < 4.78 is 24.1. The molecule has 0 aromatic heterocycles. The Balaban J connectivity index is 1.60. The molecule has 2 aliphatic rings. The van der Waals surface area contributed by atoms with Crippen LogP contribution in [-0.2, 0) is 25.2 Å². The highest BCUT2D eigenvalue weighted by Gasteiger charge is 2.34. The fraction of sp³-hybridized carbons (Fsp3) is 0.444. The normalized spacial score (nSPS) is 17.2. The van der Waals surface area contributed by atoms with Gasteiger partial charge in [-0.1, -0.05) is 31.0 Å². The first kappa shape index (κ1) is 26.7. The van der Waals surface area contributed by atoms with E-state index in [9.17, 15) is 18.6 Å². The first-order valence-electron chi connectivity index (χ1n) is 12.4. The number of nitrogens with zero attached hydrogens (tertiary/aromatic N) is 1. The Labute approximate surface area is 219 Å². The Morgan fingerprint density at radius 2 is 1.78 bits per heavy atom. The summed E-state index contributed by atoms with van der Waals surface area (Å²) in [6, 6.07) is 9.64. The highest BCUT2D eigenvalue weighted by molar-refractivity contribution is 7.86. The van der Waals surface area contributed by atoms with E-state index in [1.165, 1.54) is 4.90 Å². The number of carbonyl (C=O) groups is 3. The predicted octanol–water partition coefficient (Wildman–Crippen LogP) is 2.79. The number of benzene rings is 2. The lowest BCUT2D eigenvalue weighted by atomic mass is 10.1. The minimum Gasteiger partial charge on any atom is -0.454 e. The Morgan fingerprint density at radius 3 is 2.49 bits per heavy atom. The van der Waals surface area contributed by atoms with Gasteiger partial charge in [-0.05, 0) is 68.5 Å². The van der Waals surface area contributed by atoms with Crippen LogP contribution in [0.1, 0.15) is 54.5 Å². The molecule has 3 amide bonds. The number of anilines is 1. The van der Waals surface area contributed by atoms with Gasteiger partial charge in [-0.2, -0.15) is 0 Å². The second-order valence-corrected chi connectivity index (χ2v) is 11.2. The minimum absolute atomic E-state index is 0.0488. The van der Waals surface area contributed by atoms with Crippen LogP contribution in [0.15, 0.2) is 36.4 Å². The maximum absolute atomic E-state index is 13.7. The fourth-order valence-electron chi connectivity index (χ4n) is 4.84. The molecule has 1 fully saturated rings. The van der Waals surface area contributed by atoms with E-state index < -0.39 is 39.7 Å². The number of aryl methyl sites for hydroxylation is 2. The number of primary amides is 1. The molecule has 0 saturated heterocycles. The summed E-state index contributed by atoms with van der Waals surface area (Å²) in [5, 5.41) is 1.82. The van der Waals surface area contributed by atoms with Crippen LogP contribution < -0.4 is 25.4 Å².